The molecule has 2 aliphatic heterocycles. The van der Waals surface area contributed by atoms with Crippen molar-refractivity contribution in [3.05, 3.63) is 189 Å². The smallest absolute Gasteiger partial charge is 0.333 e. The highest BCUT2D eigenvalue weighted by Crippen LogP contribution is 2.49. The number of halogens is 2. The Kier molecular flexibility index (Phi) is 13.0. The highest BCUT2D eigenvalue weighted by atomic mass is 35.5. The number of anilines is 3. The molecule has 3 aliphatic rings. The number of hydrogen-bond donors (Lipinski definition) is 0. The van der Waals surface area contributed by atoms with Gasteiger partial charge in [-0.25, -0.2) is 9.59 Å². The number of benzene rings is 4. The molecule has 62 heavy (non-hydrogen) atoms. The summed E-state index contributed by atoms with van der Waals surface area (Å²) in [5.41, 5.74) is 11.9. The number of nitrogens with zero attached hydrogens (tertiary/aromatic N) is 3. The van der Waals surface area contributed by atoms with Crippen molar-refractivity contribution in [3.63, 3.8) is 0 Å². The average Bonchev–Trinajstić information content (AvgIpc) is 3.80. The van der Waals surface area contributed by atoms with Crippen molar-refractivity contribution >= 4 is 63.6 Å². The Morgan fingerprint density at radius 1 is 0.742 bits per heavy atom. The number of hydrogen-bond acceptors (Lipinski definition) is 6. The minimum Gasteiger partial charge on any atom is -0.460 e. The van der Waals surface area contributed by atoms with E-state index in [9.17, 15) is 9.59 Å². The van der Waals surface area contributed by atoms with Gasteiger partial charge in [-0.05, 0) is 118 Å². The van der Waals surface area contributed by atoms with Gasteiger partial charge in [-0.1, -0.05) is 98.8 Å². The fourth-order valence-corrected chi connectivity index (χ4v) is 9.07. The number of carbonyl (C=O) groups excluding carboxylic acids is 2. The van der Waals surface area contributed by atoms with Crippen molar-refractivity contribution in [2.24, 2.45) is 0 Å². The average molecular weight is 868 g/mol. The Morgan fingerprint density at radius 3 is 1.94 bits per heavy atom. The van der Waals surface area contributed by atoms with Gasteiger partial charge < -0.3 is 19.3 Å². The van der Waals surface area contributed by atoms with E-state index in [1.54, 1.807) is 13.8 Å². The van der Waals surface area contributed by atoms with Gasteiger partial charge in [0.15, 0.2) is 18.9 Å². The molecule has 0 saturated carbocycles. The lowest BCUT2D eigenvalue weighted by atomic mass is 9.81. The topological polar surface area (TPSA) is 62.1 Å². The summed E-state index contributed by atoms with van der Waals surface area (Å²) in [6.45, 7) is 21.0. The van der Waals surface area contributed by atoms with Crippen LogP contribution in [0, 0.1) is 0 Å². The van der Waals surface area contributed by atoms with Crippen LogP contribution in [0.1, 0.15) is 65.5 Å². The van der Waals surface area contributed by atoms with E-state index in [0.717, 1.165) is 63.8 Å². The highest BCUT2D eigenvalue weighted by Gasteiger charge is 2.45. The third kappa shape index (κ3) is 8.88. The number of esters is 2. The van der Waals surface area contributed by atoms with Crippen LogP contribution in [0.5, 0.6) is 0 Å². The molecule has 0 spiro atoms. The molecule has 0 saturated heterocycles. The van der Waals surface area contributed by atoms with Gasteiger partial charge >= 0.3 is 11.9 Å². The predicted molar refractivity (Wildman–Crippen MR) is 254 cm³/mol. The molecule has 0 bridgehead atoms. The molecule has 0 atom stereocenters. The van der Waals surface area contributed by atoms with Gasteiger partial charge in [0.05, 0.1) is 17.7 Å². The normalized spacial score (nSPS) is 17.5. The monoisotopic (exact) mass is 866 g/mol. The summed E-state index contributed by atoms with van der Waals surface area (Å²) in [6, 6.07) is 32.9. The van der Waals surface area contributed by atoms with Gasteiger partial charge in [-0.2, -0.15) is 4.58 Å². The van der Waals surface area contributed by atoms with Crippen molar-refractivity contribution in [3.8, 4) is 0 Å². The first-order valence-electron chi connectivity index (χ1n) is 21.0. The molecule has 0 aromatic heterocycles. The van der Waals surface area contributed by atoms with Gasteiger partial charge in [0.2, 0.25) is 5.69 Å². The lowest BCUT2D eigenvalue weighted by Crippen LogP contribution is -2.29. The Hall–Kier alpha value is -5.89. The van der Waals surface area contributed by atoms with Crippen LogP contribution >= 0.6 is 23.2 Å². The van der Waals surface area contributed by atoms with E-state index in [1.165, 1.54) is 11.1 Å². The summed E-state index contributed by atoms with van der Waals surface area (Å²) in [7, 11) is 0. The molecule has 0 N–H and O–H groups in total. The molecule has 2 heterocycles. The second-order valence-corrected chi connectivity index (χ2v) is 17.9. The molecular formula is C53H54Cl2N3O4+. The maximum Gasteiger partial charge on any atom is 0.333 e. The number of rotatable bonds is 14. The molecule has 0 radical (unpaired) electrons. The molecule has 0 fully saturated rings. The number of allylic oxidation sites excluding steroid dienone is 7. The molecule has 0 amide bonds. The van der Waals surface area contributed by atoms with E-state index in [0.29, 0.717) is 34.3 Å². The predicted octanol–water partition coefficient (Wildman–Crippen LogP) is 12.7. The van der Waals surface area contributed by atoms with Crippen LogP contribution in [-0.4, -0.2) is 48.5 Å². The summed E-state index contributed by atoms with van der Waals surface area (Å²) >= 11 is 13.2. The van der Waals surface area contributed by atoms with E-state index in [4.69, 9.17) is 32.7 Å². The first kappa shape index (κ1) is 44.2. The Bertz CT molecular complexity index is 2560. The van der Waals surface area contributed by atoms with Crippen molar-refractivity contribution in [2.45, 2.75) is 65.2 Å². The van der Waals surface area contributed by atoms with E-state index in [2.05, 4.69) is 128 Å². The van der Waals surface area contributed by atoms with E-state index < -0.39 is 22.8 Å². The largest absolute Gasteiger partial charge is 0.460 e. The molecule has 7 rings (SSSR count). The fourth-order valence-electron chi connectivity index (χ4n) is 8.73. The van der Waals surface area contributed by atoms with Gasteiger partial charge in [0.25, 0.3) is 0 Å². The highest BCUT2D eigenvalue weighted by molar-refractivity contribution is 6.31. The van der Waals surface area contributed by atoms with Crippen LogP contribution in [0.3, 0.4) is 0 Å². The van der Waals surface area contributed by atoms with Gasteiger partial charge in [-0.3, -0.25) is 0 Å². The first-order valence-corrected chi connectivity index (χ1v) is 21.8. The Balaban J connectivity index is 1.37. The van der Waals surface area contributed by atoms with Crippen molar-refractivity contribution < 1.29 is 23.6 Å². The quantitative estimate of drug-likeness (QED) is 0.0715. The lowest BCUT2D eigenvalue weighted by molar-refractivity contribution is -0.440. The Labute approximate surface area is 376 Å². The second kappa shape index (κ2) is 18.2. The zero-order valence-corrected chi connectivity index (χ0v) is 37.9. The maximum absolute atomic E-state index is 12.4. The third-order valence-electron chi connectivity index (χ3n) is 11.9. The summed E-state index contributed by atoms with van der Waals surface area (Å²) in [5.74, 6) is -0.811. The van der Waals surface area contributed by atoms with Crippen LogP contribution in [0.25, 0.3) is 0 Å². The summed E-state index contributed by atoms with van der Waals surface area (Å²) < 4.78 is 13.5. The minimum absolute atomic E-state index is 0.201. The van der Waals surface area contributed by atoms with Crippen LogP contribution in [-0.2, 0) is 29.9 Å². The summed E-state index contributed by atoms with van der Waals surface area (Å²) in [4.78, 5) is 29.4. The molecule has 7 nitrogen and oxygen atoms in total. The summed E-state index contributed by atoms with van der Waals surface area (Å²) in [5, 5.41) is 1.34. The fraction of sp³-hybridized carbons (Fsp3) is 0.264. The zero-order chi connectivity index (χ0) is 44.3. The number of para-hydroxylation sites is 2. The van der Waals surface area contributed by atoms with Crippen LogP contribution < -0.4 is 9.80 Å². The zero-order valence-electron chi connectivity index (χ0n) is 36.4. The van der Waals surface area contributed by atoms with Crippen molar-refractivity contribution in [1.29, 1.82) is 0 Å². The van der Waals surface area contributed by atoms with Crippen LogP contribution in [0.4, 0.5) is 22.7 Å². The van der Waals surface area contributed by atoms with Crippen molar-refractivity contribution in [2.75, 3.05) is 36.1 Å². The Morgan fingerprint density at radius 2 is 1.32 bits per heavy atom. The molecule has 9 heteroatoms. The van der Waals surface area contributed by atoms with Gasteiger partial charge in [-0.15, -0.1) is 0 Å². The summed E-state index contributed by atoms with van der Waals surface area (Å²) in [6.07, 6.45) is 10.6. The molecular weight excluding hydrogens is 814 g/mol. The number of ether oxygens (including phenoxy) is 2. The van der Waals surface area contributed by atoms with E-state index in [1.807, 2.05) is 48.5 Å². The van der Waals surface area contributed by atoms with Crippen LogP contribution in [0.15, 0.2) is 168 Å². The minimum atomic E-state index is -0.406. The standard InChI is InChI=1S/C53H54Cl2N3O4/c1-35(2)50(59)61-31-29-56-45-25-23-39(54)33-43(45)52(5,6)47(56)27-21-37-19-20-38(49(37)58(41-15-11-9-12-16-41)42-17-13-10-14-18-42)22-28-48-53(7,8)44-34-40(55)24-26-46(44)57(48)30-32-62-51(60)36(3)4/h9-18,21-28,33-34H,1,3,19-20,29-32H2,2,4-8H3/q+1. The SMILES string of the molecule is C=C(C)C(=O)OCCN1/C(=C/C=C2\CCC(/C=C/C3=[N+](CCOC(=O)C(=C)C)c4ccc(Cl)cc4C3(C)C)=C2N(c2ccccc2)c2ccccc2)C(C)(C)c2cc(Cl)ccc21. The number of fused-ring (bicyclic) bond motifs is 2. The molecule has 4 aromatic carbocycles. The van der Waals surface area contributed by atoms with Gasteiger partial charge in [0, 0.05) is 67.1 Å². The maximum atomic E-state index is 12.4. The number of carbonyl (C=O) groups is 2. The third-order valence-corrected chi connectivity index (χ3v) is 12.4. The molecule has 4 aromatic rings. The van der Waals surface area contributed by atoms with Crippen LogP contribution in [0.2, 0.25) is 10.0 Å². The lowest BCUT2D eigenvalue weighted by Gasteiger charge is -2.29. The van der Waals surface area contributed by atoms with Crippen molar-refractivity contribution in [1.82, 2.24) is 0 Å². The molecule has 1 aliphatic carbocycles. The molecule has 0 unspecified atom stereocenters. The van der Waals surface area contributed by atoms with E-state index in [-0.39, 0.29) is 13.2 Å². The first-order chi connectivity index (χ1) is 29.6. The van der Waals surface area contributed by atoms with Gasteiger partial charge in [0.1, 0.15) is 6.61 Å². The molecule has 318 valence electrons. The van der Waals surface area contributed by atoms with E-state index >= 15 is 0 Å². The second-order valence-electron chi connectivity index (χ2n) is 17.1.